The maximum atomic E-state index is 11.1. The van der Waals surface area contributed by atoms with E-state index in [-0.39, 0.29) is 35.8 Å². The van der Waals surface area contributed by atoms with Gasteiger partial charge in [-0.2, -0.15) is 5.10 Å². The molecule has 1 heterocycles. The van der Waals surface area contributed by atoms with Crippen LogP contribution in [0.15, 0.2) is 23.5 Å². The minimum absolute atomic E-state index is 0. The molecule has 0 aliphatic heterocycles. The number of nitrogens with zero attached hydrogens (tertiary/aromatic N) is 3. The van der Waals surface area contributed by atoms with E-state index in [1.54, 1.807) is 13.2 Å². The Labute approximate surface area is 143 Å². The molecule has 0 radical (unpaired) electrons. The molecule has 0 bridgehead atoms. The molecular formula is C12H24IN5O2S. The molecule has 21 heavy (non-hydrogen) atoms. The first kappa shape index (κ1) is 20.2. The standard InChI is InChI=1S/C12H23N5O2S.HI/c1-11(5-10-20(3,18)19)16-12(13-2)14-7-9-17-8-4-6-15-17;/h4,6,8,11H,5,7,9-10H2,1-3H3,(H2,13,14,16);1H. The minimum Gasteiger partial charge on any atom is -0.355 e. The highest BCUT2D eigenvalue weighted by Gasteiger charge is 2.09. The summed E-state index contributed by atoms with van der Waals surface area (Å²) in [5, 5.41) is 10.4. The van der Waals surface area contributed by atoms with E-state index in [4.69, 9.17) is 0 Å². The van der Waals surface area contributed by atoms with Crippen molar-refractivity contribution in [1.29, 1.82) is 0 Å². The average molecular weight is 429 g/mol. The Balaban J connectivity index is 0.00000400. The van der Waals surface area contributed by atoms with E-state index in [1.165, 1.54) is 6.26 Å². The number of aliphatic imine (C=N–C) groups is 1. The number of rotatable bonds is 7. The van der Waals surface area contributed by atoms with Gasteiger partial charge in [-0.3, -0.25) is 9.67 Å². The van der Waals surface area contributed by atoms with Gasteiger partial charge in [-0.25, -0.2) is 8.42 Å². The summed E-state index contributed by atoms with van der Waals surface area (Å²) in [5.41, 5.74) is 0. The van der Waals surface area contributed by atoms with Crippen molar-refractivity contribution in [2.45, 2.75) is 25.9 Å². The second-order valence-corrected chi connectivity index (χ2v) is 6.99. The van der Waals surface area contributed by atoms with Crippen molar-refractivity contribution in [3.63, 3.8) is 0 Å². The lowest BCUT2D eigenvalue weighted by atomic mass is 10.3. The number of guanidine groups is 1. The van der Waals surface area contributed by atoms with Crippen molar-refractivity contribution in [1.82, 2.24) is 20.4 Å². The van der Waals surface area contributed by atoms with E-state index in [9.17, 15) is 8.42 Å². The largest absolute Gasteiger partial charge is 0.355 e. The summed E-state index contributed by atoms with van der Waals surface area (Å²) in [6, 6.07) is 1.92. The van der Waals surface area contributed by atoms with Crippen LogP contribution in [0.2, 0.25) is 0 Å². The van der Waals surface area contributed by atoms with Gasteiger partial charge in [-0.1, -0.05) is 0 Å². The van der Waals surface area contributed by atoms with E-state index in [2.05, 4.69) is 20.7 Å². The van der Waals surface area contributed by atoms with Crippen LogP contribution in [-0.4, -0.2) is 55.8 Å². The molecule has 0 aliphatic rings. The van der Waals surface area contributed by atoms with E-state index >= 15 is 0 Å². The third kappa shape index (κ3) is 9.67. The zero-order chi connectivity index (χ0) is 15.0. The van der Waals surface area contributed by atoms with Crippen LogP contribution >= 0.6 is 24.0 Å². The monoisotopic (exact) mass is 429 g/mol. The fourth-order valence-corrected chi connectivity index (χ4v) is 2.39. The lowest BCUT2D eigenvalue weighted by Crippen LogP contribution is -2.43. The van der Waals surface area contributed by atoms with Crippen LogP contribution in [0.5, 0.6) is 0 Å². The highest BCUT2D eigenvalue weighted by molar-refractivity contribution is 14.0. The summed E-state index contributed by atoms with van der Waals surface area (Å²) in [7, 11) is -1.23. The number of aromatic nitrogens is 2. The molecule has 1 rings (SSSR count). The first-order valence-corrected chi connectivity index (χ1v) is 8.59. The summed E-state index contributed by atoms with van der Waals surface area (Å²) in [6.07, 6.45) is 5.43. The van der Waals surface area contributed by atoms with Crippen LogP contribution in [0.4, 0.5) is 0 Å². The zero-order valence-electron chi connectivity index (χ0n) is 12.6. The summed E-state index contributed by atoms with van der Waals surface area (Å²) in [5.74, 6) is 0.837. The quantitative estimate of drug-likeness (QED) is 0.374. The maximum Gasteiger partial charge on any atom is 0.191 e. The molecular weight excluding hydrogens is 405 g/mol. The van der Waals surface area contributed by atoms with Gasteiger partial charge in [0.25, 0.3) is 0 Å². The lowest BCUT2D eigenvalue weighted by Gasteiger charge is -2.17. The van der Waals surface area contributed by atoms with Gasteiger partial charge in [0.05, 0.1) is 12.3 Å². The van der Waals surface area contributed by atoms with E-state index < -0.39 is 9.84 Å². The number of nitrogens with one attached hydrogen (secondary N) is 2. The molecule has 0 spiro atoms. The van der Waals surface area contributed by atoms with Crippen molar-refractivity contribution >= 4 is 39.8 Å². The number of hydrogen-bond donors (Lipinski definition) is 2. The third-order valence-electron chi connectivity index (χ3n) is 2.72. The summed E-state index contributed by atoms with van der Waals surface area (Å²) < 4.78 is 24.0. The first-order chi connectivity index (χ1) is 9.40. The Morgan fingerprint density at radius 1 is 1.48 bits per heavy atom. The fraction of sp³-hybridized carbons (Fsp3) is 0.667. The zero-order valence-corrected chi connectivity index (χ0v) is 15.8. The molecule has 9 heteroatoms. The Morgan fingerprint density at radius 2 is 2.19 bits per heavy atom. The van der Waals surface area contributed by atoms with Gasteiger partial charge in [0, 0.05) is 38.3 Å². The molecule has 122 valence electrons. The van der Waals surface area contributed by atoms with Gasteiger partial charge in [-0.05, 0) is 19.4 Å². The van der Waals surface area contributed by atoms with Crippen molar-refractivity contribution < 1.29 is 8.42 Å². The normalized spacial score (nSPS) is 13.4. The van der Waals surface area contributed by atoms with Crippen LogP contribution in [0.3, 0.4) is 0 Å². The minimum atomic E-state index is -2.92. The predicted octanol–water partition coefficient (Wildman–Crippen LogP) is 0.489. The number of halogens is 1. The summed E-state index contributed by atoms with van der Waals surface area (Å²) in [6.45, 7) is 3.37. The number of hydrogen-bond acceptors (Lipinski definition) is 4. The highest BCUT2D eigenvalue weighted by atomic mass is 127. The molecule has 1 aromatic rings. The van der Waals surface area contributed by atoms with Crippen LogP contribution in [0, 0.1) is 0 Å². The van der Waals surface area contributed by atoms with Crippen molar-refractivity contribution in [2.75, 3.05) is 25.6 Å². The highest BCUT2D eigenvalue weighted by Crippen LogP contribution is 1.95. The SMILES string of the molecule is CN=C(NCCn1cccn1)NC(C)CCS(C)(=O)=O.I. The van der Waals surface area contributed by atoms with Gasteiger partial charge in [0.2, 0.25) is 0 Å². The molecule has 0 saturated carbocycles. The van der Waals surface area contributed by atoms with Crippen LogP contribution in [0.25, 0.3) is 0 Å². The topological polar surface area (TPSA) is 88.4 Å². The van der Waals surface area contributed by atoms with Gasteiger partial charge >= 0.3 is 0 Å². The Kier molecular flexibility index (Phi) is 9.58. The Bertz CT molecular complexity index is 516. The van der Waals surface area contributed by atoms with E-state index in [0.29, 0.717) is 18.9 Å². The summed E-state index contributed by atoms with van der Waals surface area (Å²) in [4.78, 5) is 4.11. The smallest absolute Gasteiger partial charge is 0.191 e. The van der Waals surface area contributed by atoms with Crippen molar-refractivity contribution in [2.24, 2.45) is 4.99 Å². The first-order valence-electron chi connectivity index (χ1n) is 6.53. The van der Waals surface area contributed by atoms with Crippen LogP contribution < -0.4 is 10.6 Å². The van der Waals surface area contributed by atoms with Crippen molar-refractivity contribution in [3.8, 4) is 0 Å². The molecule has 0 aliphatic carbocycles. The van der Waals surface area contributed by atoms with E-state index in [0.717, 1.165) is 6.54 Å². The Hall–Kier alpha value is -0.840. The van der Waals surface area contributed by atoms with Crippen molar-refractivity contribution in [3.05, 3.63) is 18.5 Å². The second kappa shape index (κ2) is 9.98. The average Bonchev–Trinajstić information content (AvgIpc) is 2.87. The van der Waals surface area contributed by atoms with E-state index in [1.807, 2.05) is 23.9 Å². The summed E-state index contributed by atoms with van der Waals surface area (Å²) >= 11 is 0. The van der Waals surface area contributed by atoms with Crippen LogP contribution in [0.1, 0.15) is 13.3 Å². The maximum absolute atomic E-state index is 11.1. The number of sulfone groups is 1. The molecule has 0 fully saturated rings. The molecule has 7 nitrogen and oxygen atoms in total. The Morgan fingerprint density at radius 3 is 2.71 bits per heavy atom. The van der Waals surface area contributed by atoms with Gasteiger partial charge in [-0.15, -0.1) is 24.0 Å². The molecule has 1 unspecified atom stereocenters. The van der Waals surface area contributed by atoms with Gasteiger partial charge < -0.3 is 10.6 Å². The fourth-order valence-electron chi connectivity index (χ4n) is 1.61. The molecule has 2 N–H and O–H groups in total. The van der Waals surface area contributed by atoms with Crippen LogP contribution in [-0.2, 0) is 16.4 Å². The second-order valence-electron chi connectivity index (χ2n) is 4.73. The predicted molar refractivity (Wildman–Crippen MR) is 95.9 cm³/mol. The molecule has 0 amide bonds. The molecule has 0 saturated heterocycles. The molecule has 1 atom stereocenters. The van der Waals surface area contributed by atoms with Gasteiger partial charge in [0.1, 0.15) is 9.84 Å². The third-order valence-corrected chi connectivity index (χ3v) is 3.70. The van der Waals surface area contributed by atoms with Gasteiger partial charge in [0.15, 0.2) is 5.96 Å². The lowest BCUT2D eigenvalue weighted by molar-refractivity contribution is 0.571. The molecule has 0 aromatic carbocycles. The molecule has 1 aromatic heterocycles.